The van der Waals surface area contributed by atoms with Crippen LogP contribution in [0.25, 0.3) is 6.08 Å². The third kappa shape index (κ3) is 5.85. The molecule has 0 bridgehead atoms. The molecule has 2 aromatic carbocycles. The van der Waals surface area contributed by atoms with Crippen LogP contribution >= 0.6 is 11.8 Å². The minimum Gasteiger partial charge on any atom is -0.495 e. The molecule has 0 aliphatic carbocycles. The first kappa shape index (κ1) is 23.0. The molecule has 0 saturated heterocycles. The lowest BCUT2D eigenvalue weighted by Gasteiger charge is -2.19. The number of benzene rings is 2. The smallest absolute Gasteiger partial charge is 0.248 e. The molecule has 156 valence electrons. The normalized spacial score (nSPS) is 11.8. The van der Waals surface area contributed by atoms with Crippen LogP contribution in [0.15, 0.2) is 58.3 Å². The fraction of sp³-hybridized carbons (Fsp3) is 0.286. The molecular weight excluding hydrogens is 408 g/mol. The maximum Gasteiger partial charge on any atom is 0.248 e. The summed E-state index contributed by atoms with van der Waals surface area (Å²) >= 11 is 1.65. The van der Waals surface area contributed by atoms with Crippen LogP contribution in [-0.2, 0) is 14.8 Å². The average molecular weight is 435 g/mol. The molecule has 0 saturated carbocycles. The van der Waals surface area contributed by atoms with E-state index in [-0.39, 0.29) is 10.8 Å². The zero-order valence-electron chi connectivity index (χ0n) is 17.0. The first-order valence-electron chi connectivity index (χ1n) is 9.17. The molecule has 6 nitrogen and oxygen atoms in total. The van der Waals surface area contributed by atoms with E-state index >= 15 is 0 Å². The number of sulfonamides is 1. The van der Waals surface area contributed by atoms with E-state index in [1.54, 1.807) is 31.7 Å². The van der Waals surface area contributed by atoms with Crippen molar-refractivity contribution in [1.29, 1.82) is 0 Å². The maximum atomic E-state index is 12.8. The zero-order chi connectivity index (χ0) is 21.4. The number of carbonyl (C=O) groups excluding carboxylic acids is 1. The summed E-state index contributed by atoms with van der Waals surface area (Å²) in [5.41, 5.74) is 1.19. The van der Waals surface area contributed by atoms with Crippen molar-refractivity contribution < 1.29 is 17.9 Å². The number of nitrogens with zero attached hydrogens (tertiary/aromatic N) is 1. The van der Waals surface area contributed by atoms with Gasteiger partial charge in [-0.25, -0.2) is 8.42 Å². The van der Waals surface area contributed by atoms with Crippen LogP contribution in [0.1, 0.15) is 19.4 Å². The highest BCUT2D eigenvalue weighted by Crippen LogP contribution is 2.29. The van der Waals surface area contributed by atoms with Crippen LogP contribution in [0.3, 0.4) is 0 Å². The highest BCUT2D eigenvalue weighted by molar-refractivity contribution is 7.98. The molecule has 29 heavy (non-hydrogen) atoms. The lowest BCUT2D eigenvalue weighted by molar-refractivity contribution is -0.111. The van der Waals surface area contributed by atoms with Crippen molar-refractivity contribution in [2.75, 3.05) is 31.8 Å². The summed E-state index contributed by atoms with van der Waals surface area (Å²) in [6, 6.07) is 12.2. The quantitative estimate of drug-likeness (QED) is 0.475. The summed E-state index contributed by atoms with van der Waals surface area (Å²) in [7, 11) is -2.17. The number of amides is 1. The molecule has 0 radical (unpaired) electrons. The molecule has 0 spiro atoms. The number of nitrogens with one attached hydrogen (secondary N) is 1. The molecule has 0 aliphatic rings. The van der Waals surface area contributed by atoms with Crippen molar-refractivity contribution in [2.45, 2.75) is 23.6 Å². The van der Waals surface area contributed by atoms with Gasteiger partial charge in [-0.3, -0.25) is 4.79 Å². The van der Waals surface area contributed by atoms with E-state index in [0.29, 0.717) is 24.5 Å². The van der Waals surface area contributed by atoms with Crippen LogP contribution in [0.5, 0.6) is 5.75 Å². The second-order valence-corrected chi connectivity index (χ2v) is 8.86. The third-order valence-corrected chi connectivity index (χ3v) is 7.10. The number of carbonyl (C=O) groups is 1. The first-order chi connectivity index (χ1) is 13.8. The average Bonchev–Trinajstić information content (AvgIpc) is 2.73. The molecule has 8 heteroatoms. The van der Waals surface area contributed by atoms with E-state index < -0.39 is 10.0 Å². The van der Waals surface area contributed by atoms with Gasteiger partial charge < -0.3 is 10.1 Å². The van der Waals surface area contributed by atoms with Crippen LogP contribution in [0, 0.1) is 0 Å². The van der Waals surface area contributed by atoms with E-state index in [1.807, 2.05) is 30.5 Å². The summed E-state index contributed by atoms with van der Waals surface area (Å²) in [6.07, 6.45) is 5.10. The van der Waals surface area contributed by atoms with Crippen molar-refractivity contribution in [2.24, 2.45) is 0 Å². The lowest BCUT2D eigenvalue weighted by atomic mass is 10.2. The number of anilines is 1. The van der Waals surface area contributed by atoms with Gasteiger partial charge in [0.25, 0.3) is 0 Å². The molecule has 0 aliphatic heterocycles. The second-order valence-electron chi connectivity index (χ2n) is 6.05. The van der Waals surface area contributed by atoms with Gasteiger partial charge in [-0.2, -0.15) is 4.31 Å². The van der Waals surface area contributed by atoms with Gasteiger partial charge in [-0.15, -0.1) is 11.8 Å². The number of methoxy groups -OCH3 is 1. The van der Waals surface area contributed by atoms with Gasteiger partial charge in [-0.05, 0) is 48.2 Å². The predicted octanol–water partition coefficient (Wildman–Crippen LogP) is 4.10. The zero-order valence-corrected chi connectivity index (χ0v) is 18.6. The molecule has 1 N–H and O–H groups in total. The van der Waals surface area contributed by atoms with E-state index in [9.17, 15) is 13.2 Å². The predicted molar refractivity (Wildman–Crippen MR) is 119 cm³/mol. The number of ether oxygens (including phenoxy) is 1. The molecule has 0 aromatic heterocycles. The molecule has 0 heterocycles. The maximum absolute atomic E-state index is 12.8. The molecule has 0 fully saturated rings. The number of rotatable bonds is 9. The van der Waals surface area contributed by atoms with E-state index in [2.05, 4.69) is 5.32 Å². The molecular formula is C21H26N2O4S2. The van der Waals surface area contributed by atoms with Gasteiger partial charge in [0.05, 0.1) is 17.7 Å². The number of thioether (sulfide) groups is 1. The van der Waals surface area contributed by atoms with E-state index in [0.717, 1.165) is 10.5 Å². The Bertz CT molecular complexity index is 967. The summed E-state index contributed by atoms with van der Waals surface area (Å²) < 4.78 is 32.1. The van der Waals surface area contributed by atoms with Crippen molar-refractivity contribution in [3.8, 4) is 5.75 Å². The van der Waals surface area contributed by atoms with Gasteiger partial charge >= 0.3 is 0 Å². The molecule has 2 aromatic rings. The Morgan fingerprint density at radius 1 is 1.14 bits per heavy atom. The Labute approximate surface area is 177 Å². The fourth-order valence-electron chi connectivity index (χ4n) is 2.72. The van der Waals surface area contributed by atoms with Crippen molar-refractivity contribution in [1.82, 2.24) is 4.31 Å². The summed E-state index contributed by atoms with van der Waals surface area (Å²) in [4.78, 5) is 13.6. The number of hydrogen-bond acceptors (Lipinski definition) is 5. The Hall–Kier alpha value is -2.29. The van der Waals surface area contributed by atoms with Gasteiger partial charge in [0, 0.05) is 24.1 Å². The molecule has 1 amide bonds. The topological polar surface area (TPSA) is 75.7 Å². The van der Waals surface area contributed by atoms with E-state index in [1.165, 1.54) is 35.7 Å². The van der Waals surface area contributed by atoms with Gasteiger partial charge in [0.2, 0.25) is 15.9 Å². The molecule has 0 atom stereocenters. The SMILES string of the molecule is CCN(CC)S(=O)(=O)c1ccc(OC)c(NC(=O)C=Cc2ccc(SC)cc2)c1. The summed E-state index contributed by atoms with van der Waals surface area (Å²) in [5, 5.41) is 2.70. The fourth-order valence-corrected chi connectivity index (χ4v) is 4.61. The van der Waals surface area contributed by atoms with Gasteiger partial charge in [0.15, 0.2) is 0 Å². The van der Waals surface area contributed by atoms with Crippen LogP contribution in [0.2, 0.25) is 0 Å². The largest absolute Gasteiger partial charge is 0.495 e. The summed E-state index contributed by atoms with van der Waals surface area (Å²) in [6.45, 7) is 4.29. The standard InChI is InChI=1S/C21H26N2O4S2/c1-5-23(6-2)29(25,26)18-12-13-20(27-3)19(15-18)22-21(24)14-9-16-7-10-17(28-4)11-8-16/h7-15H,5-6H2,1-4H3,(H,22,24). The minimum absolute atomic E-state index is 0.105. The van der Waals surface area contributed by atoms with Gasteiger partial charge in [0.1, 0.15) is 5.75 Å². The van der Waals surface area contributed by atoms with Crippen molar-refractivity contribution in [3.05, 3.63) is 54.1 Å². The highest BCUT2D eigenvalue weighted by atomic mass is 32.2. The second kappa shape index (κ2) is 10.5. The van der Waals surface area contributed by atoms with Crippen molar-refractivity contribution in [3.63, 3.8) is 0 Å². The van der Waals surface area contributed by atoms with E-state index in [4.69, 9.17) is 4.74 Å². The number of hydrogen-bond donors (Lipinski definition) is 1. The highest BCUT2D eigenvalue weighted by Gasteiger charge is 2.23. The monoisotopic (exact) mass is 434 g/mol. The minimum atomic E-state index is -3.64. The Kier molecular flexibility index (Phi) is 8.31. The summed E-state index contributed by atoms with van der Waals surface area (Å²) in [5.74, 6) is 0.00389. The lowest BCUT2D eigenvalue weighted by Crippen LogP contribution is -2.30. The Morgan fingerprint density at radius 2 is 1.79 bits per heavy atom. The first-order valence-corrected chi connectivity index (χ1v) is 11.8. The molecule has 0 unspecified atom stereocenters. The van der Waals surface area contributed by atoms with Crippen LogP contribution < -0.4 is 10.1 Å². The van der Waals surface area contributed by atoms with Crippen LogP contribution in [-0.4, -0.2) is 45.1 Å². The third-order valence-electron chi connectivity index (χ3n) is 4.31. The Balaban J connectivity index is 2.24. The van der Waals surface area contributed by atoms with Crippen molar-refractivity contribution >= 4 is 39.5 Å². The van der Waals surface area contributed by atoms with Crippen LogP contribution in [0.4, 0.5) is 5.69 Å². The Morgan fingerprint density at radius 3 is 2.34 bits per heavy atom. The van der Waals surface area contributed by atoms with Gasteiger partial charge in [-0.1, -0.05) is 26.0 Å². The molecule has 2 rings (SSSR count).